The van der Waals surface area contributed by atoms with Crippen LogP contribution in [0.4, 0.5) is 5.95 Å². The number of hydrogen-bond donors (Lipinski definition) is 3. The Morgan fingerprint density at radius 3 is 2.63 bits per heavy atom. The molecule has 1 aromatic carbocycles. The van der Waals surface area contributed by atoms with Gasteiger partial charge in [0.2, 0.25) is 5.95 Å². The Balaban J connectivity index is 1.45. The fourth-order valence-electron chi connectivity index (χ4n) is 5.93. The molecule has 184 valence electrons. The molecule has 0 radical (unpaired) electrons. The largest absolute Gasteiger partial charge is 0.389 e. The van der Waals surface area contributed by atoms with Gasteiger partial charge >= 0.3 is 0 Å². The van der Waals surface area contributed by atoms with E-state index in [0.717, 1.165) is 42.1 Å². The van der Waals surface area contributed by atoms with Crippen molar-refractivity contribution in [2.45, 2.75) is 69.8 Å². The van der Waals surface area contributed by atoms with Crippen LogP contribution in [0.2, 0.25) is 5.02 Å². The first-order valence-electron chi connectivity index (χ1n) is 12.1. The molecular formula is C25H30ClN7O2. The lowest BCUT2D eigenvalue weighted by atomic mass is 9.98. The van der Waals surface area contributed by atoms with Crippen molar-refractivity contribution in [1.82, 2.24) is 24.3 Å². The molecule has 0 spiro atoms. The van der Waals surface area contributed by atoms with E-state index in [1.807, 2.05) is 18.3 Å². The molecule has 3 aromatic heterocycles. The lowest BCUT2D eigenvalue weighted by Gasteiger charge is -2.38. The molecule has 0 amide bonds. The van der Waals surface area contributed by atoms with Crippen LogP contribution in [0, 0.1) is 0 Å². The summed E-state index contributed by atoms with van der Waals surface area (Å²) in [5.41, 5.74) is 7.99. The van der Waals surface area contributed by atoms with Crippen LogP contribution in [0.15, 0.2) is 29.3 Å². The van der Waals surface area contributed by atoms with Crippen LogP contribution in [0.5, 0.6) is 0 Å². The summed E-state index contributed by atoms with van der Waals surface area (Å²) in [4.78, 5) is 24.1. The number of piperidine rings is 1. The van der Waals surface area contributed by atoms with Gasteiger partial charge in [-0.2, -0.15) is 10.1 Å². The highest BCUT2D eigenvalue weighted by atomic mass is 35.5. The lowest BCUT2D eigenvalue weighted by molar-refractivity contribution is 0.0580. The van der Waals surface area contributed by atoms with Gasteiger partial charge in [-0.05, 0) is 45.6 Å². The molecule has 2 unspecified atom stereocenters. The zero-order valence-electron chi connectivity index (χ0n) is 20.1. The highest BCUT2D eigenvalue weighted by molar-refractivity contribution is 6.38. The molecule has 2 aliphatic rings. The van der Waals surface area contributed by atoms with Crippen LogP contribution < -0.4 is 16.2 Å². The summed E-state index contributed by atoms with van der Waals surface area (Å²) >= 11 is 6.84. The van der Waals surface area contributed by atoms with Crippen molar-refractivity contribution in [2.75, 3.05) is 4.90 Å². The molecule has 2 aliphatic heterocycles. The van der Waals surface area contributed by atoms with E-state index in [9.17, 15) is 9.90 Å². The van der Waals surface area contributed by atoms with Crippen LogP contribution >= 0.6 is 11.6 Å². The van der Waals surface area contributed by atoms with Crippen LogP contribution in [-0.2, 0) is 13.6 Å². The van der Waals surface area contributed by atoms with E-state index in [-0.39, 0.29) is 11.6 Å². The number of fused-ring (bicyclic) bond motifs is 4. The van der Waals surface area contributed by atoms with Crippen molar-refractivity contribution in [1.29, 1.82) is 0 Å². The van der Waals surface area contributed by atoms with Crippen LogP contribution in [-0.4, -0.2) is 53.1 Å². The van der Waals surface area contributed by atoms with Crippen molar-refractivity contribution in [3.8, 4) is 11.1 Å². The number of hydrogen-bond acceptors (Lipinski definition) is 6. The molecular weight excluding hydrogens is 466 g/mol. The number of rotatable bonds is 4. The van der Waals surface area contributed by atoms with Crippen LogP contribution in [0.25, 0.3) is 33.1 Å². The van der Waals surface area contributed by atoms with Gasteiger partial charge in [0.1, 0.15) is 5.65 Å². The van der Waals surface area contributed by atoms with Gasteiger partial charge in [0.05, 0.1) is 28.1 Å². The second-order valence-corrected chi connectivity index (χ2v) is 11.1. The van der Waals surface area contributed by atoms with E-state index < -0.39 is 5.60 Å². The normalized spacial score (nSPS) is 22.6. The zero-order valence-corrected chi connectivity index (χ0v) is 20.9. The number of aliphatic hydroxyl groups is 1. The number of nitrogens with zero attached hydrogens (tertiary/aromatic N) is 5. The highest BCUT2D eigenvalue weighted by Gasteiger charge is 2.41. The predicted molar refractivity (Wildman–Crippen MR) is 138 cm³/mol. The SMILES string of the molecule is Cn1c(N2C3CCC2CC(N)C3)nc2[nH]cc(-c3ccc4nn(CC(C)(C)O)cc4c3Cl)c2c1=O. The molecule has 2 bridgehead atoms. The van der Waals surface area contributed by atoms with Gasteiger partial charge in [0, 0.05) is 54.1 Å². The highest BCUT2D eigenvalue weighted by Crippen LogP contribution is 2.40. The third-order valence-electron chi connectivity index (χ3n) is 7.40. The van der Waals surface area contributed by atoms with Crippen molar-refractivity contribution >= 4 is 39.5 Å². The van der Waals surface area contributed by atoms with E-state index in [1.54, 1.807) is 36.3 Å². The molecule has 35 heavy (non-hydrogen) atoms. The van der Waals surface area contributed by atoms with E-state index >= 15 is 0 Å². The van der Waals surface area contributed by atoms with Gasteiger partial charge in [-0.1, -0.05) is 17.7 Å². The Morgan fingerprint density at radius 2 is 1.94 bits per heavy atom. The van der Waals surface area contributed by atoms with E-state index in [4.69, 9.17) is 22.3 Å². The fourth-order valence-corrected chi connectivity index (χ4v) is 6.24. The Kier molecular flexibility index (Phi) is 5.04. The standard InChI is InChI=1S/C25H30ClN7O2/c1-25(2,35)12-32-11-18-19(30-32)7-6-16(21(18)26)17-10-28-22-20(17)23(34)31(3)24(29-22)33-14-4-5-15(33)9-13(27)8-14/h6-7,10-11,13-15,28,35H,4-5,8-9,12,27H2,1-3H3. The van der Waals surface area contributed by atoms with Gasteiger partial charge in [-0.15, -0.1) is 0 Å². The summed E-state index contributed by atoms with van der Waals surface area (Å²) in [5.74, 6) is 0.699. The number of halogens is 1. The lowest BCUT2D eigenvalue weighted by Crippen LogP contribution is -2.49. The van der Waals surface area contributed by atoms with Crippen LogP contribution in [0.1, 0.15) is 39.5 Å². The molecule has 2 saturated heterocycles. The van der Waals surface area contributed by atoms with Crippen molar-refractivity contribution < 1.29 is 5.11 Å². The third kappa shape index (κ3) is 3.64. The number of aromatic nitrogens is 5. The predicted octanol–water partition coefficient (Wildman–Crippen LogP) is 3.16. The number of H-pyrrole nitrogens is 1. The molecule has 4 N–H and O–H groups in total. The van der Waals surface area contributed by atoms with Gasteiger partial charge < -0.3 is 20.7 Å². The Hall–Kier alpha value is -2.88. The second kappa shape index (κ2) is 7.81. The van der Waals surface area contributed by atoms with Gasteiger partial charge in [0.15, 0.2) is 0 Å². The van der Waals surface area contributed by atoms with Gasteiger partial charge in [-0.25, -0.2) is 0 Å². The average molecular weight is 496 g/mol. The second-order valence-electron chi connectivity index (χ2n) is 10.7. The molecule has 4 aromatic rings. The van der Waals surface area contributed by atoms with Crippen molar-refractivity contribution in [2.24, 2.45) is 12.8 Å². The molecule has 6 rings (SSSR count). The molecule has 0 saturated carbocycles. The first-order chi connectivity index (χ1) is 16.6. The minimum absolute atomic E-state index is 0.107. The summed E-state index contributed by atoms with van der Waals surface area (Å²) in [7, 11) is 1.79. The molecule has 0 aliphatic carbocycles. The number of nitrogens with two attached hydrogens (primary N) is 1. The summed E-state index contributed by atoms with van der Waals surface area (Å²) in [6.07, 6.45) is 7.66. The van der Waals surface area contributed by atoms with Crippen LogP contribution in [0.3, 0.4) is 0 Å². The maximum Gasteiger partial charge on any atom is 0.264 e. The first kappa shape index (κ1) is 22.6. The maximum atomic E-state index is 13.6. The number of benzene rings is 1. The summed E-state index contributed by atoms with van der Waals surface area (Å²) in [5, 5.41) is 16.5. The smallest absolute Gasteiger partial charge is 0.264 e. The monoisotopic (exact) mass is 495 g/mol. The van der Waals surface area contributed by atoms with Crippen molar-refractivity contribution in [3.05, 3.63) is 39.9 Å². The van der Waals surface area contributed by atoms with E-state index in [2.05, 4.69) is 15.0 Å². The Bertz CT molecular complexity index is 1500. The zero-order chi connectivity index (χ0) is 24.6. The number of anilines is 1. The maximum absolute atomic E-state index is 13.6. The summed E-state index contributed by atoms with van der Waals surface area (Å²) in [6.45, 7) is 3.81. The van der Waals surface area contributed by atoms with E-state index in [0.29, 0.717) is 46.2 Å². The van der Waals surface area contributed by atoms with Gasteiger partial charge in [0.25, 0.3) is 5.56 Å². The summed E-state index contributed by atoms with van der Waals surface area (Å²) in [6, 6.07) is 4.63. The first-order valence-corrected chi connectivity index (χ1v) is 12.5. The molecule has 2 fully saturated rings. The minimum Gasteiger partial charge on any atom is -0.389 e. The molecule has 2 atom stereocenters. The topological polar surface area (TPSA) is 118 Å². The molecule has 10 heteroatoms. The minimum atomic E-state index is -0.900. The molecule has 5 heterocycles. The third-order valence-corrected chi connectivity index (χ3v) is 7.81. The quantitative estimate of drug-likeness (QED) is 0.400. The fraction of sp³-hybridized carbons (Fsp3) is 0.480. The average Bonchev–Trinajstić information content (AvgIpc) is 3.44. The Labute approximate surface area is 207 Å². The van der Waals surface area contributed by atoms with Gasteiger partial charge in [-0.3, -0.25) is 14.0 Å². The van der Waals surface area contributed by atoms with E-state index in [1.165, 1.54) is 0 Å². The number of aromatic amines is 1. The van der Waals surface area contributed by atoms with Crippen molar-refractivity contribution in [3.63, 3.8) is 0 Å². The molecule has 9 nitrogen and oxygen atoms in total. The summed E-state index contributed by atoms with van der Waals surface area (Å²) < 4.78 is 3.36. The number of nitrogens with one attached hydrogen (secondary N) is 1. The Morgan fingerprint density at radius 1 is 1.23 bits per heavy atom.